The smallest absolute Gasteiger partial charge is 0.264 e. The van der Waals surface area contributed by atoms with E-state index in [1.807, 2.05) is 24.0 Å². The third kappa shape index (κ3) is 7.99. The molecule has 15 heteroatoms. The van der Waals surface area contributed by atoms with E-state index in [9.17, 15) is 33.9 Å². The monoisotopic (exact) mass is 791 g/mol. The van der Waals surface area contributed by atoms with Crippen LogP contribution in [-0.4, -0.2) is 74.5 Å². The van der Waals surface area contributed by atoms with Gasteiger partial charge in [-0.3, -0.25) is 33.7 Å². The molecule has 2 atom stereocenters. The molecule has 2 aromatic carbocycles. The molecule has 5 heterocycles. The molecule has 1 saturated carbocycles. The molecular weight excluding hydrogens is 747 g/mol. The normalized spacial score (nSPS) is 18.7. The molecule has 14 nitrogen and oxygen atoms in total. The number of rotatable bonds is 14. The molecule has 3 aliphatic heterocycles. The number of hydrogen-bond acceptors (Lipinski definition) is 10. The van der Waals surface area contributed by atoms with Gasteiger partial charge in [-0.05, 0) is 80.8 Å². The summed E-state index contributed by atoms with van der Waals surface area (Å²) in [5.41, 5.74) is 5.58. The molecule has 0 radical (unpaired) electrons. The second kappa shape index (κ2) is 16.1. The van der Waals surface area contributed by atoms with Gasteiger partial charge in [-0.1, -0.05) is 31.0 Å². The number of carbonyl (C=O) groups excluding carboxylic acids is 5. The van der Waals surface area contributed by atoms with Crippen molar-refractivity contribution in [1.82, 2.24) is 19.8 Å². The minimum atomic E-state index is -1.31. The fraction of sp³-hybridized carbons (Fsp3) is 0.405. The van der Waals surface area contributed by atoms with Gasteiger partial charge >= 0.3 is 0 Å². The van der Waals surface area contributed by atoms with Crippen LogP contribution < -0.4 is 26.4 Å². The number of aromatic nitrogens is 2. The number of nitrogens with zero attached hydrogens (tertiary/aromatic N) is 4. The number of carbonyl (C=O) groups is 5. The minimum Gasteiger partial charge on any atom is -0.384 e. The summed E-state index contributed by atoms with van der Waals surface area (Å²) < 4.78 is 1.63. The standard InChI is InChI=1S/C42H45N7O7S/c1-24-37(28-12-13-31-27(22-28)17-20-48(31)39(54)26-10-11-26)46-42(57-24)45-34(51)21-25-9-16-35(52)47(23-25)19-5-3-2-4-18-43-30-8-6-7-29-36(30)41(56)49(40(29)55)32-14-15-33(50)44-38(32)53/h6-9,12-13,16,22-23,26,32,38,43,53H,2-5,10-11,14-15,17-21H2,1H3,(H,44,50)(H,45,46,51). The molecule has 2 aromatic heterocycles. The van der Waals surface area contributed by atoms with E-state index in [0.29, 0.717) is 30.5 Å². The van der Waals surface area contributed by atoms with Gasteiger partial charge in [-0.2, -0.15) is 0 Å². The summed E-state index contributed by atoms with van der Waals surface area (Å²) in [7, 11) is 0. The zero-order valence-electron chi connectivity index (χ0n) is 31.7. The number of fused-ring (bicyclic) bond motifs is 2. The van der Waals surface area contributed by atoms with E-state index in [4.69, 9.17) is 4.98 Å². The number of amides is 5. The van der Waals surface area contributed by atoms with E-state index in [1.165, 1.54) is 17.4 Å². The van der Waals surface area contributed by atoms with Crippen molar-refractivity contribution in [3.05, 3.63) is 92.2 Å². The van der Waals surface area contributed by atoms with Gasteiger partial charge in [0.2, 0.25) is 17.7 Å². The molecule has 1 aliphatic carbocycles. The molecule has 1 saturated heterocycles. The topological polar surface area (TPSA) is 183 Å². The largest absolute Gasteiger partial charge is 0.384 e. The molecule has 2 unspecified atom stereocenters. The number of imide groups is 1. The molecule has 4 aliphatic rings. The van der Waals surface area contributed by atoms with E-state index in [1.54, 1.807) is 35.0 Å². The predicted octanol–water partition coefficient (Wildman–Crippen LogP) is 4.63. The maximum atomic E-state index is 13.4. The van der Waals surface area contributed by atoms with Gasteiger partial charge in [0, 0.05) is 66.1 Å². The van der Waals surface area contributed by atoms with Gasteiger partial charge in [0.25, 0.3) is 17.4 Å². The Hall–Kier alpha value is -5.67. The van der Waals surface area contributed by atoms with E-state index < -0.39 is 24.1 Å². The van der Waals surface area contributed by atoms with Crippen molar-refractivity contribution in [1.29, 1.82) is 0 Å². The molecule has 2 fully saturated rings. The van der Waals surface area contributed by atoms with Crippen molar-refractivity contribution in [2.24, 2.45) is 5.92 Å². The maximum absolute atomic E-state index is 13.4. The summed E-state index contributed by atoms with van der Waals surface area (Å²) in [4.78, 5) is 85.3. The van der Waals surface area contributed by atoms with Crippen LogP contribution in [0, 0.1) is 12.8 Å². The zero-order valence-corrected chi connectivity index (χ0v) is 32.5. The van der Waals surface area contributed by atoms with Gasteiger partial charge in [-0.25, -0.2) is 4.98 Å². The van der Waals surface area contributed by atoms with Gasteiger partial charge in [0.1, 0.15) is 6.23 Å². The van der Waals surface area contributed by atoms with Gasteiger partial charge in [-0.15, -0.1) is 11.3 Å². The Bertz CT molecular complexity index is 2330. The number of piperidine rings is 1. The lowest BCUT2D eigenvalue weighted by Gasteiger charge is -2.33. The summed E-state index contributed by atoms with van der Waals surface area (Å²) in [6, 6.07) is 13.5. The number of unbranched alkanes of at least 4 members (excludes halogenated alkanes) is 3. The lowest BCUT2D eigenvalue weighted by atomic mass is 10.0. The number of benzene rings is 2. The minimum absolute atomic E-state index is 0.0937. The van der Waals surface area contributed by atoms with Crippen LogP contribution in [0.25, 0.3) is 11.3 Å². The summed E-state index contributed by atoms with van der Waals surface area (Å²) in [5.74, 6) is -1.10. The number of hydrogen-bond donors (Lipinski definition) is 4. The molecular formula is C42H45N7O7S. The van der Waals surface area contributed by atoms with E-state index >= 15 is 0 Å². The number of aliphatic hydroxyl groups excluding tert-OH is 1. The number of aryl methyl sites for hydroxylation is 2. The Balaban J connectivity index is 0.791. The highest BCUT2D eigenvalue weighted by Crippen LogP contribution is 2.39. The van der Waals surface area contributed by atoms with Gasteiger partial charge in [0.05, 0.1) is 29.3 Å². The lowest BCUT2D eigenvalue weighted by molar-refractivity contribution is -0.129. The van der Waals surface area contributed by atoms with Gasteiger partial charge < -0.3 is 30.5 Å². The highest BCUT2D eigenvalue weighted by molar-refractivity contribution is 7.16. The first-order chi connectivity index (χ1) is 27.5. The van der Waals surface area contributed by atoms with Crippen molar-refractivity contribution in [3.63, 3.8) is 0 Å². The Morgan fingerprint density at radius 3 is 2.60 bits per heavy atom. The Labute approximate surface area is 333 Å². The van der Waals surface area contributed by atoms with Crippen LogP contribution in [0.2, 0.25) is 0 Å². The summed E-state index contributed by atoms with van der Waals surface area (Å²) in [6.07, 6.45) is 6.90. The number of aliphatic hydroxyl groups is 1. The van der Waals surface area contributed by atoms with Crippen LogP contribution in [-0.2, 0) is 33.8 Å². The number of anilines is 3. The Kier molecular flexibility index (Phi) is 10.8. The first-order valence-electron chi connectivity index (χ1n) is 19.7. The van der Waals surface area contributed by atoms with Crippen LogP contribution in [0.5, 0.6) is 0 Å². The first kappa shape index (κ1) is 38.2. The third-order valence-electron chi connectivity index (χ3n) is 11.2. The van der Waals surface area contributed by atoms with Crippen molar-refractivity contribution in [3.8, 4) is 11.3 Å². The van der Waals surface area contributed by atoms with Crippen molar-refractivity contribution in [2.45, 2.75) is 89.9 Å². The first-order valence-corrected chi connectivity index (χ1v) is 20.5. The average Bonchev–Trinajstić information content (AvgIpc) is 3.78. The zero-order chi connectivity index (χ0) is 39.8. The molecule has 8 rings (SSSR count). The van der Waals surface area contributed by atoms with Crippen LogP contribution in [0.3, 0.4) is 0 Å². The second-order valence-corrected chi connectivity index (χ2v) is 16.4. The fourth-order valence-corrected chi connectivity index (χ4v) is 8.88. The van der Waals surface area contributed by atoms with Crippen LogP contribution in [0.1, 0.15) is 88.1 Å². The Morgan fingerprint density at radius 2 is 1.79 bits per heavy atom. The van der Waals surface area contributed by atoms with Crippen LogP contribution >= 0.6 is 11.3 Å². The number of nitrogens with one attached hydrogen (secondary N) is 3. The van der Waals surface area contributed by atoms with E-state index in [2.05, 4.69) is 22.0 Å². The quantitative estimate of drug-likeness (QED) is 0.105. The van der Waals surface area contributed by atoms with Gasteiger partial charge in [0.15, 0.2) is 5.13 Å². The summed E-state index contributed by atoms with van der Waals surface area (Å²) >= 11 is 1.42. The SMILES string of the molecule is Cc1sc(NC(=O)Cc2ccc(=O)n(CCCCCCNc3cccc4c3C(=O)N(C3CCC(=O)NC3O)C4=O)c2)nc1-c1ccc2c(c1)CCN2C(=O)C1CC1. The van der Waals surface area contributed by atoms with Crippen molar-refractivity contribution >= 4 is 57.4 Å². The number of thiazole rings is 1. The highest BCUT2D eigenvalue weighted by Gasteiger charge is 2.45. The lowest BCUT2D eigenvalue weighted by Crippen LogP contribution is -2.57. The molecule has 4 aromatic rings. The van der Waals surface area contributed by atoms with Crippen LogP contribution in [0.15, 0.2) is 59.5 Å². The molecule has 4 N–H and O–H groups in total. The second-order valence-electron chi connectivity index (χ2n) is 15.2. The third-order valence-corrected chi connectivity index (χ3v) is 12.0. The fourth-order valence-electron chi connectivity index (χ4n) is 8.03. The van der Waals surface area contributed by atoms with E-state index in [0.717, 1.165) is 82.8 Å². The predicted molar refractivity (Wildman–Crippen MR) is 215 cm³/mol. The van der Waals surface area contributed by atoms with Crippen molar-refractivity contribution in [2.75, 3.05) is 28.6 Å². The average molecular weight is 792 g/mol. The summed E-state index contributed by atoms with van der Waals surface area (Å²) in [6.45, 7) is 3.77. The van der Waals surface area contributed by atoms with Crippen molar-refractivity contribution < 1.29 is 29.1 Å². The van der Waals surface area contributed by atoms with E-state index in [-0.39, 0.29) is 59.6 Å². The molecule has 0 spiro atoms. The maximum Gasteiger partial charge on any atom is 0.264 e. The molecule has 5 amide bonds. The summed E-state index contributed by atoms with van der Waals surface area (Å²) in [5, 5.41) is 19.5. The molecule has 0 bridgehead atoms. The molecule has 57 heavy (non-hydrogen) atoms. The van der Waals surface area contributed by atoms with Crippen LogP contribution in [0.4, 0.5) is 16.5 Å². The Morgan fingerprint density at radius 1 is 0.965 bits per heavy atom. The highest BCUT2D eigenvalue weighted by atomic mass is 32.1. The number of pyridine rings is 1. The molecule has 296 valence electrons.